The van der Waals surface area contributed by atoms with Crippen molar-refractivity contribution in [2.45, 2.75) is 18.9 Å². The second kappa shape index (κ2) is 6.66. The van der Waals surface area contributed by atoms with Crippen molar-refractivity contribution < 1.29 is 4.79 Å². The van der Waals surface area contributed by atoms with Crippen LogP contribution < -0.4 is 5.32 Å². The maximum absolute atomic E-state index is 11.9. The Kier molecular flexibility index (Phi) is 4.64. The molecule has 1 aromatic carbocycles. The first-order valence-electron chi connectivity index (χ1n) is 6.40. The van der Waals surface area contributed by atoms with Crippen LogP contribution in [-0.4, -0.2) is 36.6 Å². The van der Waals surface area contributed by atoms with Crippen molar-refractivity contribution in [2.24, 2.45) is 5.11 Å². The van der Waals surface area contributed by atoms with Crippen LogP contribution in [0.1, 0.15) is 12.0 Å². The van der Waals surface area contributed by atoms with Gasteiger partial charge < -0.3 is 10.2 Å². The Hall–Kier alpha value is -2.20. The van der Waals surface area contributed by atoms with Crippen molar-refractivity contribution in [1.82, 2.24) is 10.2 Å². The number of carbonyl (C=O) groups excluding carboxylic acids is 1. The molecule has 0 radical (unpaired) electrons. The van der Waals surface area contributed by atoms with Crippen molar-refractivity contribution in [3.63, 3.8) is 0 Å². The van der Waals surface area contributed by atoms with Gasteiger partial charge >= 0.3 is 6.03 Å². The van der Waals surface area contributed by atoms with E-state index in [0.717, 1.165) is 12.8 Å². The third kappa shape index (κ3) is 3.89. The number of azide groups is 1. The SMILES string of the molecule is [N-]=[N+]=NC1CCN(C(=O)NCCc2ccccc2)C1. The van der Waals surface area contributed by atoms with Crippen molar-refractivity contribution >= 4 is 6.03 Å². The first kappa shape index (κ1) is 13.2. The molecule has 1 aliphatic heterocycles. The van der Waals surface area contributed by atoms with Gasteiger partial charge in [-0.25, -0.2) is 4.79 Å². The molecule has 6 heteroatoms. The van der Waals surface area contributed by atoms with E-state index in [1.54, 1.807) is 4.90 Å². The average Bonchev–Trinajstić information content (AvgIpc) is 2.89. The molecule has 1 atom stereocenters. The lowest BCUT2D eigenvalue weighted by Gasteiger charge is -2.16. The molecule has 2 amide bonds. The fourth-order valence-electron chi connectivity index (χ4n) is 2.16. The Morgan fingerprint density at radius 3 is 3.00 bits per heavy atom. The standard InChI is InChI=1S/C13H17N5O/c14-17-16-12-7-9-18(10-12)13(19)15-8-6-11-4-2-1-3-5-11/h1-5,12H,6-10H2,(H,15,19). The van der Waals surface area contributed by atoms with Gasteiger partial charge in [0.25, 0.3) is 0 Å². The summed E-state index contributed by atoms with van der Waals surface area (Å²) in [6.07, 6.45) is 1.57. The van der Waals surface area contributed by atoms with Crippen LogP contribution in [0, 0.1) is 0 Å². The van der Waals surface area contributed by atoms with Crippen LogP contribution in [-0.2, 0) is 6.42 Å². The third-order valence-corrected chi connectivity index (χ3v) is 3.20. The fraction of sp³-hybridized carbons (Fsp3) is 0.462. The van der Waals surface area contributed by atoms with Gasteiger partial charge in [-0.1, -0.05) is 35.4 Å². The van der Waals surface area contributed by atoms with E-state index in [9.17, 15) is 4.79 Å². The zero-order chi connectivity index (χ0) is 13.5. The lowest BCUT2D eigenvalue weighted by Crippen LogP contribution is -2.39. The van der Waals surface area contributed by atoms with Crippen LogP contribution in [0.15, 0.2) is 35.4 Å². The molecule has 6 nitrogen and oxygen atoms in total. The molecule has 1 aromatic rings. The summed E-state index contributed by atoms with van der Waals surface area (Å²) in [6.45, 7) is 1.79. The quantitative estimate of drug-likeness (QED) is 0.502. The molecule has 0 saturated carbocycles. The van der Waals surface area contributed by atoms with Gasteiger partial charge in [0.05, 0.1) is 6.04 Å². The lowest BCUT2D eigenvalue weighted by molar-refractivity contribution is 0.208. The Labute approximate surface area is 112 Å². The maximum atomic E-state index is 11.9. The summed E-state index contributed by atoms with van der Waals surface area (Å²) < 4.78 is 0. The monoisotopic (exact) mass is 259 g/mol. The lowest BCUT2D eigenvalue weighted by atomic mass is 10.1. The molecule has 0 aromatic heterocycles. The Balaban J connectivity index is 1.72. The summed E-state index contributed by atoms with van der Waals surface area (Å²) in [5.41, 5.74) is 9.56. The highest BCUT2D eigenvalue weighted by molar-refractivity contribution is 5.74. The van der Waals surface area contributed by atoms with Crippen molar-refractivity contribution in [2.75, 3.05) is 19.6 Å². The molecule has 1 unspecified atom stereocenters. The van der Waals surface area contributed by atoms with Crippen LogP contribution in [0.3, 0.4) is 0 Å². The van der Waals surface area contributed by atoms with Gasteiger partial charge in [-0.05, 0) is 23.9 Å². The highest BCUT2D eigenvalue weighted by atomic mass is 16.2. The smallest absolute Gasteiger partial charge is 0.317 e. The van der Waals surface area contributed by atoms with E-state index < -0.39 is 0 Å². The number of benzene rings is 1. The molecule has 0 bridgehead atoms. The second-order valence-corrected chi connectivity index (χ2v) is 4.56. The minimum absolute atomic E-state index is 0.0772. The molecule has 0 spiro atoms. The van der Waals surface area contributed by atoms with Gasteiger partial charge in [0.1, 0.15) is 0 Å². The number of nitrogens with zero attached hydrogens (tertiary/aromatic N) is 4. The van der Waals surface area contributed by atoms with E-state index in [0.29, 0.717) is 19.6 Å². The predicted octanol–water partition coefficient (Wildman–Crippen LogP) is 2.32. The van der Waals surface area contributed by atoms with Crippen LogP contribution >= 0.6 is 0 Å². The number of rotatable bonds is 4. The average molecular weight is 259 g/mol. The third-order valence-electron chi connectivity index (χ3n) is 3.20. The summed E-state index contributed by atoms with van der Waals surface area (Å²) in [6, 6.07) is 9.88. The van der Waals surface area contributed by atoms with Crippen molar-refractivity contribution in [3.8, 4) is 0 Å². The molecule has 19 heavy (non-hydrogen) atoms. The van der Waals surface area contributed by atoms with E-state index >= 15 is 0 Å². The molecular weight excluding hydrogens is 242 g/mol. The van der Waals surface area contributed by atoms with Crippen LogP contribution in [0.2, 0.25) is 0 Å². The van der Waals surface area contributed by atoms with Gasteiger partial charge in [0.2, 0.25) is 0 Å². The van der Waals surface area contributed by atoms with Crippen molar-refractivity contribution in [3.05, 3.63) is 46.3 Å². The molecule has 100 valence electrons. The number of amides is 2. The summed E-state index contributed by atoms with van der Waals surface area (Å²) in [5, 5.41) is 6.53. The first-order valence-corrected chi connectivity index (χ1v) is 6.40. The summed E-state index contributed by atoms with van der Waals surface area (Å²) >= 11 is 0. The van der Waals surface area contributed by atoms with E-state index in [2.05, 4.69) is 15.3 Å². The van der Waals surface area contributed by atoms with Crippen LogP contribution in [0.4, 0.5) is 4.79 Å². The summed E-state index contributed by atoms with van der Waals surface area (Å²) in [4.78, 5) is 16.3. The number of carbonyl (C=O) groups is 1. The normalized spacial score (nSPS) is 17.9. The highest BCUT2D eigenvalue weighted by Gasteiger charge is 2.24. The topological polar surface area (TPSA) is 81.1 Å². The summed E-state index contributed by atoms with van der Waals surface area (Å²) in [5.74, 6) is 0. The van der Waals surface area contributed by atoms with Crippen LogP contribution in [0.5, 0.6) is 0 Å². The van der Waals surface area contributed by atoms with Gasteiger partial charge in [-0.15, -0.1) is 0 Å². The molecular formula is C13H17N5O. The number of hydrogen-bond donors (Lipinski definition) is 1. The van der Waals surface area contributed by atoms with E-state index in [4.69, 9.17) is 5.53 Å². The Morgan fingerprint density at radius 2 is 2.26 bits per heavy atom. The van der Waals surface area contributed by atoms with Gasteiger partial charge in [-0.2, -0.15) is 0 Å². The fourth-order valence-corrected chi connectivity index (χ4v) is 2.16. The zero-order valence-corrected chi connectivity index (χ0v) is 10.7. The van der Waals surface area contributed by atoms with Crippen molar-refractivity contribution in [1.29, 1.82) is 0 Å². The molecule has 1 N–H and O–H groups in total. The highest BCUT2D eigenvalue weighted by Crippen LogP contribution is 2.12. The zero-order valence-electron chi connectivity index (χ0n) is 10.7. The molecule has 1 saturated heterocycles. The van der Waals surface area contributed by atoms with Crippen LogP contribution in [0.25, 0.3) is 10.4 Å². The minimum atomic E-state index is -0.0788. The number of urea groups is 1. The van der Waals surface area contributed by atoms with Gasteiger partial charge in [-0.3, -0.25) is 0 Å². The molecule has 0 aliphatic carbocycles. The van der Waals surface area contributed by atoms with E-state index in [-0.39, 0.29) is 12.1 Å². The first-order chi connectivity index (χ1) is 9.29. The molecule has 1 aliphatic rings. The molecule has 1 fully saturated rings. The second-order valence-electron chi connectivity index (χ2n) is 4.56. The largest absolute Gasteiger partial charge is 0.338 e. The molecule has 2 rings (SSSR count). The number of hydrogen-bond acceptors (Lipinski definition) is 2. The summed E-state index contributed by atoms with van der Waals surface area (Å²) in [7, 11) is 0. The predicted molar refractivity (Wildman–Crippen MR) is 72.7 cm³/mol. The van der Waals surface area contributed by atoms with E-state index in [1.807, 2.05) is 30.3 Å². The van der Waals surface area contributed by atoms with E-state index in [1.165, 1.54) is 5.56 Å². The van der Waals surface area contributed by atoms with Gasteiger partial charge in [0, 0.05) is 24.5 Å². The Bertz CT molecular complexity index is 469. The maximum Gasteiger partial charge on any atom is 0.317 e. The Morgan fingerprint density at radius 1 is 1.47 bits per heavy atom. The molecule has 1 heterocycles. The minimum Gasteiger partial charge on any atom is -0.338 e. The number of likely N-dealkylation sites (tertiary alicyclic amines) is 1. The van der Waals surface area contributed by atoms with Gasteiger partial charge in [0.15, 0.2) is 0 Å². The number of nitrogens with one attached hydrogen (secondary N) is 1.